The fourth-order valence-corrected chi connectivity index (χ4v) is 4.34. The van der Waals surface area contributed by atoms with Gasteiger partial charge in [0.2, 0.25) is 5.88 Å². The van der Waals surface area contributed by atoms with Gasteiger partial charge in [-0.25, -0.2) is 9.97 Å². The molecule has 0 radical (unpaired) electrons. The molecule has 1 atom stereocenters. The molecule has 8 nitrogen and oxygen atoms in total. The summed E-state index contributed by atoms with van der Waals surface area (Å²) in [7, 11) is 0. The average molecular weight is 454 g/mol. The molecule has 3 heterocycles. The minimum Gasteiger partial charge on any atom is -0.493 e. The predicted octanol–water partition coefficient (Wildman–Crippen LogP) is 3.94. The van der Waals surface area contributed by atoms with Crippen LogP contribution in [0, 0.1) is 0 Å². The molecule has 0 fully saturated rings. The lowest BCUT2D eigenvalue weighted by molar-refractivity contribution is 0.439. The van der Waals surface area contributed by atoms with Crippen molar-refractivity contribution < 1.29 is 5.11 Å². The molecule has 172 valence electrons. The van der Waals surface area contributed by atoms with Crippen LogP contribution in [0.25, 0.3) is 27.8 Å². The van der Waals surface area contributed by atoms with Gasteiger partial charge in [-0.2, -0.15) is 0 Å². The summed E-state index contributed by atoms with van der Waals surface area (Å²) in [6, 6.07) is 18.1. The van der Waals surface area contributed by atoms with Gasteiger partial charge >= 0.3 is 0 Å². The molecular formula is C26H27N7O. The van der Waals surface area contributed by atoms with Gasteiger partial charge in [-0.05, 0) is 24.5 Å². The van der Waals surface area contributed by atoms with E-state index < -0.39 is 0 Å². The van der Waals surface area contributed by atoms with E-state index in [1.54, 1.807) is 4.40 Å². The molecule has 2 aromatic carbocycles. The molecule has 8 heteroatoms. The van der Waals surface area contributed by atoms with E-state index in [2.05, 4.69) is 16.0 Å². The predicted molar refractivity (Wildman–Crippen MR) is 135 cm³/mol. The van der Waals surface area contributed by atoms with Crippen LogP contribution in [-0.4, -0.2) is 37.0 Å². The molecule has 5 aromatic rings. The summed E-state index contributed by atoms with van der Waals surface area (Å²) >= 11 is 0. The maximum absolute atomic E-state index is 11.2. The van der Waals surface area contributed by atoms with Gasteiger partial charge in [0, 0.05) is 41.3 Å². The molecule has 0 bridgehead atoms. The summed E-state index contributed by atoms with van der Waals surface area (Å²) in [6.07, 6.45) is 5.12. The molecule has 0 saturated heterocycles. The molecule has 0 spiro atoms. The number of rotatable bonds is 7. The number of benzene rings is 2. The van der Waals surface area contributed by atoms with Gasteiger partial charge in [0.25, 0.3) is 0 Å². The zero-order valence-electron chi connectivity index (χ0n) is 18.9. The maximum Gasteiger partial charge on any atom is 0.219 e. The summed E-state index contributed by atoms with van der Waals surface area (Å²) in [6.45, 7) is 2.54. The lowest BCUT2D eigenvalue weighted by atomic mass is 9.98. The molecule has 5 rings (SSSR count). The Hall–Kier alpha value is -4.33. The third-order valence-corrected chi connectivity index (χ3v) is 6.12. The first-order valence-electron chi connectivity index (χ1n) is 11.3. The Kier molecular flexibility index (Phi) is 5.63. The van der Waals surface area contributed by atoms with Crippen LogP contribution in [0.4, 0.5) is 0 Å². The number of imidazole rings is 1. The first-order chi connectivity index (χ1) is 16.5. The second-order valence-corrected chi connectivity index (χ2v) is 8.38. The van der Waals surface area contributed by atoms with Gasteiger partial charge in [-0.3, -0.25) is 9.39 Å². The molecule has 0 aliphatic heterocycles. The molecule has 0 aliphatic rings. The molecule has 0 aliphatic carbocycles. The SMILES string of the molecule is CC(c1ccccc1)c1nc2c(CCCN=C(N)N)nc(-c3c[nH]c4ccccc34)cn2c1O. The summed E-state index contributed by atoms with van der Waals surface area (Å²) in [5.74, 6) is 0.121. The van der Waals surface area contributed by atoms with E-state index in [9.17, 15) is 5.11 Å². The number of nitrogens with zero attached hydrogens (tertiary/aromatic N) is 4. The van der Waals surface area contributed by atoms with Crippen molar-refractivity contribution in [2.24, 2.45) is 16.5 Å². The third kappa shape index (κ3) is 3.94. The Morgan fingerprint density at radius 2 is 1.85 bits per heavy atom. The average Bonchev–Trinajstić information content (AvgIpc) is 3.43. The van der Waals surface area contributed by atoms with Crippen LogP contribution in [0.2, 0.25) is 0 Å². The number of aromatic amines is 1. The van der Waals surface area contributed by atoms with Crippen molar-refractivity contribution in [2.45, 2.75) is 25.7 Å². The number of guanidine groups is 1. The van der Waals surface area contributed by atoms with Gasteiger partial charge in [-0.15, -0.1) is 0 Å². The minimum absolute atomic E-state index is 0.0723. The highest BCUT2D eigenvalue weighted by Gasteiger charge is 2.22. The number of fused-ring (bicyclic) bond motifs is 2. The van der Waals surface area contributed by atoms with Crippen LogP contribution >= 0.6 is 0 Å². The van der Waals surface area contributed by atoms with Crippen molar-refractivity contribution >= 4 is 22.5 Å². The lowest BCUT2D eigenvalue weighted by Gasteiger charge is -2.09. The maximum atomic E-state index is 11.2. The molecule has 1 unspecified atom stereocenters. The second kappa shape index (κ2) is 8.90. The van der Waals surface area contributed by atoms with Gasteiger partial charge in [0.05, 0.1) is 11.4 Å². The summed E-state index contributed by atoms with van der Waals surface area (Å²) in [4.78, 5) is 17.2. The van der Waals surface area contributed by atoms with Crippen LogP contribution in [0.3, 0.4) is 0 Å². The molecule has 6 N–H and O–H groups in total. The van der Waals surface area contributed by atoms with Crippen molar-refractivity contribution in [1.82, 2.24) is 19.4 Å². The fourth-order valence-electron chi connectivity index (χ4n) is 4.34. The van der Waals surface area contributed by atoms with E-state index in [-0.39, 0.29) is 17.8 Å². The topological polar surface area (TPSA) is 131 Å². The molecule has 0 amide bonds. The normalized spacial score (nSPS) is 12.3. The highest BCUT2D eigenvalue weighted by Crippen LogP contribution is 2.34. The van der Waals surface area contributed by atoms with E-state index in [0.717, 1.165) is 33.4 Å². The molecule has 0 saturated carbocycles. The number of para-hydroxylation sites is 1. The Balaban J connectivity index is 1.64. The highest BCUT2D eigenvalue weighted by atomic mass is 16.3. The largest absolute Gasteiger partial charge is 0.493 e. The second-order valence-electron chi connectivity index (χ2n) is 8.38. The molecule has 3 aromatic heterocycles. The van der Waals surface area contributed by atoms with Crippen LogP contribution < -0.4 is 11.5 Å². The number of nitrogens with one attached hydrogen (secondary N) is 1. The number of aryl methyl sites for hydroxylation is 1. The molecule has 34 heavy (non-hydrogen) atoms. The first-order valence-corrected chi connectivity index (χ1v) is 11.3. The first kappa shape index (κ1) is 21.5. The Labute approximate surface area is 197 Å². The van der Waals surface area contributed by atoms with Crippen molar-refractivity contribution in [3.63, 3.8) is 0 Å². The number of nitrogens with two attached hydrogens (primary N) is 2. The number of H-pyrrole nitrogens is 1. The summed E-state index contributed by atoms with van der Waals surface area (Å²) < 4.78 is 1.74. The Bertz CT molecular complexity index is 1480. The minimum atomic E-state index is -0.0767. The smallest absolute Gasteiger partial charge is 0.219 e. The lowest BCUT2D eigenvalue weighted by Crippen LogP contribution is -2.23. The summed E-state index contributed by atoms with van der Waals surface area (Å²) in [5, 5.41) is 12.3. The third-order valence-electron chi connectivity index (χ3n) is 6.12. The quantitative estimate of drug-likeness (QED) is 0.168. The van der Waals surface area contributed by atoms with E-state index in [0.29, 0.717) is 30.7 Å². The van der Waals surface area contributed by atoms with Gasteiger partial charge < -0.3 is 21.6 Å². The van der Waals surface area contributed by atoms with E-state index in [1.165, 1.54) is 0 Å². The number of aromatic nitrogens is 4. The van der Waals surface area contributed by atoms with E-state index in [4.69, 9.17) is 21.4 Å². The zero-order chi connectivity index (χ0) is 23.7. The highest BCUT2D eigenvalue weighted by molar-refractivity contribution is 5.94. The zero-order valence-corrected chi connectivity index (χ0v) is 18.9. The monoisotopic (exact) mass is 453 g/mol. The summed E-state index contributed by atoms with van der Waals surface area (Å²) in [5.41, 5.74) is 16.8. The van der Waals surface area contributed by atoms with Gasteiger partial charge in [0.15, 0.2) is 11.6 Å². The molecular weight excluding hydrogens is 426 g/mol. The van der Waals surface area contributed by atoms with E-state index >= 15 is 0 Å². The van der Waals surface area contributed by atoms with Crippen LogP contribution in [-0.2, 0) is 6.42 Å². The van der Waals surface area contributed by atoms with Crippen LogP contribution in [0.1, 0.15) is 36.2 Å². The van der Waals surface area contributed by atoms with Crippen molar-refractivity contribution in [3.8, 4) is 17.1 Å². The van der Waals surface area contributed by atoms with Gasteiger partial charge in [0.1, 0.15) is 5.69 Å². The Morgan fingerprint density at radius 3 is 2.65 bits per heavy atom. The van der Waals surface area contributed by atoms with Crippen LogP contribution in [0.15, 0.2) is 72.0 Å². The van der Waals surface area contributed by atoms with E-state index in [1.807, 2.05) is 67.8 Å². The Morgan fingerprint density at radius 1 is 1.09 bits per heavy atom. The van der Waals surface area contributed by atoms with Crippen molar-refractivity contribution in [1.29, 1.82) is 0 Å². The number of hydrogen-bond acceptors (Lipinski definition) is 4. The van der Waals surface area contributed by atoms with Gasteiger partial charge in [-0.1, -0.05) is 55.5 Å². The standard InChI is InChI=1S/C26H27N7O/c1-16(17-8-3-2-4-9-17)23-25(34)33-15-22(19-14-30-20-11-6-5-10-18(19)20)31-21(24(33)32-23)12-7-13-29-26(27)28/h2-6,8-11,14-16,30,34H,7,12-13H2,1H3,(H4,27,28,29). The fraction of sp³-hybridized carbons (Fsp3) is 0.192. The number of hydrogen-bond donors (Lipinski definition) is 4. The number of aliphatic imine (C=N–C) groups is 1. The van der Waals surface area contributed by atoms with Crippen molar-refractivity contribution in [3.05, 3.63) is 83.9 Å². The number of aromatic hydroxyl groups is 1. The van der Waals surface area contributed by atoms with Crippen molar-refractivity contribution in [2.75, 3.05) is 6.54 Å². The van der Waals surface area contributed by atoms with Crippen LogP contribution in [0.5, 0.6) is 5.88 Å².